The molecule has 0 aliphatic heterocycles. The Hall–Kier alpha value is -10.6. The lowest BCUT2D eigenvalue weighted by Crippen LogP contribution is -2.41. The molecule has 0 saturated carbocycles. The van der Waals surface area contributed by atoms with Crippen LogP contribution in [0.1, 0.15) is 195 Å². The number of ether oxygens (including phenoxy) is 2. The standard InChI is InChI=1S/C27H25FN2O.C20H26FNO.C18H18FN.C17H26O3.C16H20FN3O2S/c1-18(2)25-24(27(31)29-22-12-8-5-9-13-22)23(19-10-6-4-7-11-19)26(30(25)3)20-14-16-21(28)17-15-20;1-12(2)19-14(5)18(15-7-9-16(21)10-8-15)17(11-23-6)20(22-19)13(3)4;1-12(2)20-13(3)18(14-8-10-15(19)11-9-14)16-6-4-5-7-17(16)20;1-5-10(2)17(19)20-15-9-14(18)8-13-7-6-11(3)12(4)16(13)15;1-10(2)14-11(3)15(12-6-8-13(17)9-7-12)19-16(18-14)20(4)23(5,21)22/h4-18H,1-3H3,(H,29,31);7-10,12-13H,11H2,1-6H3;4-12H,1-3H3;6-8,10-12,14-16,18H,5,9H2,1-4H3;6-10H,1-5H3/t;;;10-,11+,12-,14+,15?,16?;/m...0./s1. The Balaban J connectivity index is 0.000000169. The molecule has 2 N–H and O–H groups in total. The zero-order chi connectivity index (χ0) is 85.6. The van der Waals surface area contributed by atoms with Crippen molar-refractivity contribution in [2.45, 2.75) is 179 Å². The number of allylic oxidation sites excluding steroid dienone is 2. The number of esters is 1. The van der Waals surface area contributed by atoms with Crippen LogP contribution in [0.5, 0.6) is 0 Å². The fraction of sp³-hybridized carbons (Fsp3) is 0.357. The molecule has 0 saturated heterocycles. The average Bonchev–Trinajstić information content (AvgIpc) is 1.63. The first kappa shape index (κ1) is 90.3. The van der Waals surface area contributed by atoms with Crippen molar-refractivity contribution in [1.82, 2.24) is 24.1 Å². The third-order valence-electron chi connectivity index (χ3n) is 21.9. The van der Waals surface area contributed by atoms with Crippen LogP contribution in [0.15, 0.2) is 206 Å². The Morgan fingerprint density at radius 2 is 1.09 bits per heavy atom. The summed E-state index contributed by atoms with van der Waals surface area (Å²) in [7, 11) is 1.62. The fourth-order valence-electron chi connectivity index (χ4n) is 15.7. The second-order valence-electron chi connectivity index (χ2n) is 32.1. The fourth-order valence-corrected chi connectivity index (χ4v) is 16.1. The number of benzene rings is 7. The summed E-state index contributed by atoms with van der Waals surface area (Å²) in [5, 5.41) is 14.3. The number of aliphatic hydroxyl groups is 1. The normalized spacial score (nSPS) is 15.9. The molecule has 2 aliphatic rings. The van der Waals surface area contributed by atoms with Gasteiger partial charge in [0.1, 0.15) is 29.4 Å². The van der Waals surface area contributed by atoms with Crippen LogP contribution in [0, 0.1) is 67.7 Å². The second-order valence-corrected chi connectivity index (χ2v) is 34.1. The smallest absolute Gasteiger partial charge is 0.308 e. The van der Waals surface area contributed by atoms with E-state index >= 15 is 0 Å². The topological polar surface area (TPSA) is 171 Å². The quantitative estimate of drug-likeness (QED) is 0.0586. The molecule has 0 radical (unpaired) electrons. The van der Waals surface area contributed by atoms with Crippen molar-refractivity contribution in [1.29, 1.82) is 0 Å². The van der Waals surface area contributed by atoms with Crippen LogP contribution < -0.4 is 9.62 Å². The maximum absolute atomic E-state index is 13.6. The molecule has 4 heterocycles. The number of pyridine rings is 1. The summed E-state index contributed by atoms with van der Waals surface area (Å²) in [5.74, 6) is 0.664. The van der Waals surface area contributed by atoms with Crippen LogP contribution in [0.25, 0.3) is 66.8 Å². The molecule has 618 valence electrons. The first-order valence-corrected chi connectivity index (χ1v) is 42.2. The molecule has 19 heteroatoms. The monoisotopic (exact) mass is 1610 g/mol. The maximum Gasteiger partial charge on any atom is 0.308 e. The molecule has 11 aromatic rings. The van der Waals surface area contributed by atoms with E-state index in [-0.39, 0.29) is 70.9 Å². The van der Waals surface area contributed by atoms with E-state index in [0.29, 0.717) is 54.0 Å². The van der Waals surface area contributed by atoms with Crippen LogP contribution >= 0.6 is 0 Å². The number of anilines is 2. The number of nitrogens with zero attached hydrogens (tertiary/aromatic N) is 6. The van der Waals surface area contributed by atoms with Gasteiger partial charge in [0, 0.05) is 101 Å². The second kappa shape index (κ2) is 40.0. The molecule has 1 amide bonds. The van der Waals surface area contributed by atoms with Crippen molar-refractivity contribution in [2.75, 3.05) is 30.0 Å². The van der Waals surface area contributed by atoms with Gasteiger partial charge >= 0.3 is 5.97 Å². The Labute approximate surface area is 690 Å². The molecule has 14 nitrogen and oxygen atoms in total. The van der Waals surface area contributed by atoms with Gasteiger partial charge in [-0.3, -0.25) is 14.6 Å². The van der Waals surface area contributed by atoms with E-state index in [1.54, 1.807) is 31.4 Å². The molecular weight excluding hydrogens is 1500 g/mol. The van der Waals surface area contributed by atoms with Gasteiger partial charge in [0.05, 0.1) is 47.5 Å². The SMILES string of the molecule is CC(C)c1c(C(=O)Nc2ccccc2)c(-c2ccccc2)c(-c2ccc(F)cc2)n1C.CC[C@H](C)C(=O)OC1C[C@H](O)C=C2C=C[C@@H](C)[C@H](C)C21.COCc1c(C(C)C)nc(C(C)C)c(C)c1-c1ccc(F)cc1.Cc1c(-c2ccc(F)cc2)c2ccccc2n1C(C)C.Cc1c(-c2ccc(F)cc2)nc(N(C)S(C)(=O)=O)nc1C(C)C. The number of hydrogen-bond acceptors (Lipinski definition) is 10. The number of hydrogen-bond donors (Lipinski definition) is 2. The zero-order valence-corrected chi connectivity index (χ0v) is 72.3. The summed E-state index contributed by atoms with van der Waals surface area (Å²) < 4.78 is 93.5. The van der Waals surface area contributed by atoms with E-state index < -0.39 is 16.1 Å². The number of carbonyl (C=O) groups excluding carboxylic acids is 2. The van der Waals surface area contributed by atoms with Crippen LogP contribution in [-0.2, 0) is 37.9 Å². The van der Waals surface area contributed by atoms with Crippen molar-refractivity contribution < 1.29 is 50.1 Å². The largest absolute Gasteiger partial charge is 0.461 e. The molecule has 4 aromatic heterocycles. The minimum absolute atomic E-state index is 0.0756. The number of sulfonamides is 1. The lowest BCUT2D eigenvalue weighted by molar-refractivity contribution is -0.158. The Morgan fingerprint density at radius 3 is 1.60 bits per heavy atom. The number of nitrogens with one attached hydrogen (secondary N) is 1. The van der Waals surface area contributed by atoms with Gasteiger partial charge in [-0.1, -0.05) is 192 Å². The van der Waals surface area contributed by atoms with Gasteiger partial charge in [-0.15, -0.1) is 0 Å². The highest BCUT2D eigenvalue weighted by atomic mass is 32.2. The minimum Gasteiger partial charge on any atom is -0.461 e. The van der Waals surface area contributed by atoms with E-state index in [0.717, 1.165) is 112 Å². The molecule has 2 unspecified atom stereocenters. The minimum atomic E-state index is -3.47. The van der Waals surface area contributed by atoms with Gasteiger partial charge in [-0.2, -0.15) is 0 Å². The summed E-state index contributed by atoms with van der Waals surface area (Å²) in [6.45, 7) is 36.0. The summed E-state index contributed by atoms with van der Waals surface area (Å²) in [6.07, 6.45) is 7.87. The van der Waals surface area contributed by atoms with E-state index in [1.807, 2.05) is 133 Å². The number of methoxy groups -OCH3 is 1. The highest BCUT2D eigenvalue weighted by molar-refractivity contribution is 7.92. The molecular formula is C98H115F4N7O7S. The number of rotatable bonds is 19. The molecule has 13 rings (SSSR count). The number of fused-ring (bicyclic) bond motifs is 2. The van der Waals surface area contributed by atoms with Crippen LogP contribution in [0.4, 0.5) is 29.2 Å². The average molecular weight is 1610 g/mol. The molecule has 6 atom stereocenters. The molecule has 0 spiro atoms. The first-order chi connectivity index (χ1) is 55.5. The zero-order valence-electron chi connectivity index (χ0n) is 71.5. The maximum atomic E-state index is 13.6. The van der Waals surface area contributed by atoms with E-state index in [1.165, 1.54) is 77.7 Å². The first-order valence-electron chi connectivity index (χ1n) is 40.4. The lowest BCUT2D eigenvalue weighted by Gasteiger charge is -2.41. The summed E-state index contributed by atoms with van der Waals surface area (Å²) in [6, 6.07) is 54.0. The Kier molecular flexibility index (Phi) is 30.9. The van der Waals surface area contributed by atoms with E-state index in [4.69, 9.17) is 14.5 Å². The molecule has 0 fully saturated rings. The lowest BCUT2D eigenvalue weighted by atomic mass is 9.69. The number of para-hydroxylation sites is 2. The van der Waals surface area contributed by atoms with Crippen molar-refractivity contribution in [2.24, 2.45) is 30.7 Å². The third kappa shape index (κ3) is 21.6. The van der Waals surface area contributed by atoms with Crippen LogP contribution in [0.2, 0.25) is 0 Å². The highest BCUT2D eigenvalue weighted by Gasteiger charge is 2.41. The van der Waals surface area contributed by atoms with Crippen LogP contribution in [0.3, 0.4) is 0 Å². The molecule has 2 aliphatic carbocycles. The number of carbonyl (C=O) groups is 2. The Bertz CT molecular complexity index is 5390. The highest BCUT2D eigenvalue weighted by Crippen LogP contribution is 2.45. The number of amides is 1. The molecule has 0 bridgehead atoms. The summed E-state index contributed by atoms with van der Waals surface area (Å²) in [4.78, 5) is 39.4. The third-order valence-corrected chi connectivity index (χ3v) is 23.0. The summed E-state index contributed by atoms with van der Waals surface area (Å²) in [5.41, 5.74) is 21.3. The van der Waals surface area contributed by atoms with Crippen molar-refractivity contribution in [3.8, 4) is 55.9 Å². The van der Waals surface area contributed by atoms with E-state index in [9.17, 15) is 40.7 Å². The van der Waals surface area contributed by atoms with Gasteiger partial charge in [-0.05, 0) is 212 Å². The summed E-state index contributed by atoms with van der Waals surface area (Å²) >= 11 is 0. The number of aliphatic hydroxyl groups excluding tert-OH is 1. The Morgan fingerprint density at radius 1 is 0.607 bits per heavy atom. The van der Waals surface area contributed by atoms with Gasteiger partial charge in [-0.25, -0.2) is 40.3 Å². The predicted molar refractivity (Wildman–Crippen MR) is 469 cm³/mol. The molecule has 117 heavy (non-hydrogen) atoms. The van der Waals surface area contributed by atoms with E-state index in [2.05, 4.69) is 144 Å². The van der Waals surface area contributed by atoms with Crippen molar-refractivity contribution >= 4 is 44.4 Å². The molecule has 7 aromatic carbocycles. The van der Waals surface area contributed by atoms with Gasteiger partial charge in [0.25, 0.3) is 5.91 Å². The van der Waals surface area contributed by atoms with Gasteiger partial charge < -0.3 is 29.0 Å². The van der Waals surface area contributed by atoms with Crippen molar-refractivity contribution in [3.05, 3.63) is 280 Å². The van der Waals surface area contributed by atoms with Gasteiger partial charge in [0.15, 0.2) is 0 Å². The van der Waals surface area contributed by atoms with Gasteiger partial charge in [0.2, 0.25) is 16.0 Å². The number of halogens is 4. The van der Waals surface area contributed by atoms with Crippen molar-refractivity contribution in [3.63, 3.8) is 0 Å². The predicted octanol–water partition coefficient (Wildman–Crippen LogP) is 24.0. The van der Waals surface area contributed by atoms with Crippen LogP contribution in [-0.4, -0.2) is 82.1 Å². The number of aromatic nitrogens is 5.